The number of halogens is 6. The molecule has 0 N–H and O–H groups in total. The molecule has 126 valence electrons. The maximum atomic E-state index is 13.3. The summed E-state index contributed by atoms with van der Waals surface area (Å²) in [7, 11) is 0. The number of benzene rings is 1. The molecule has 1 heterocycles. The van der Waals surface area contributed by atoms with Crippen LogP contribution in [0, 0.1) is 0 Å². The number of nitrogens with zero attached hydrogens (tertiary/aromatic N) is 1. The minimum Gasteiger partial charge on any atom is -0.459 e. The molecule has 23 heavy (non-hydrogen) atoms. The van der Waals surface area contributed by atoms with Crippen LogP contribution in [0.4, 0.5) is 26.3 Å². The molecule has 1 atom stereocenters. The maximum Gasteiger partial charge on any atom is 0.426 e. The Morgan fingerprint density at radius 3 is 2.09 bits per heavy atom. The fraction of sp³-hybridized carbons (Fsp3) is 0.429. The Balaban J connectivity index is 2.61. The number of hydrogen-bond acceptors (Lipinski definition) is 3. The van der Waals surface area contributed by atoms with Crippen LogP contribution in [0.15, 0.2) is 35.3 Å². The summed E-state index contributed by atoms with van der Waals surface area (Å²) in [6, 6.07) is 7.15. The minimum atomic E-state index is -5.76. The third kappa shape index (κ3) is 2.91. The van der Waals surface area contributed by atoms with Crippen LogP contribution in [-0.4, -0.2) is 35.7 Å². The van der Waals surface area contributed by atoms with Gasteiger partial charge in [-0.15, -0.1) is 0 Å². The van der Waals surface area contributed by atoms with E-state index in [0.29, 0.717) is 0 Å². The Bertz CT molecular complexity index is 606. The summed E-state index contributed by atoms with van der Waals surface area (Å²) in [6.07, 6.45) is -14.8. The molecule has 3 nitrogen and oxygen atoms in total. The van der Waals surface area contributed by atoms with E-state index in [9.17, 15) is 31.1 Å². The van der Waals surface area contributed by atoms with Gasteiger partial charge in [0.2, 0.25) is 0 Å². The fourth-order valence-corrected chi connectivity index (χ4v) is 2.45. The second-order valence-electron chi connectivity index (χ2n) is 4.99. The molecule has 2 rings (SSSR count). The van der Waals surface area contributed by atoms with Crippen molar-refractivity contribution in [3.8, 4) is 0 Å². The van der Waals surface area contributed by atoms with Crippen molar-refractivity contribution in [2.24, 2.45) is 4.99 Å². The smallest absolute Gasteiger partial charge is 0.426 e. The molecule has 0 aromatic heterocycles. The number of carbonyl (C=O) groups is 1. The summed E-state index contributed by atoms with van der Waals surface area (Å²) in [5.41, 5.74) is -4.76. The van der Waals surface area contributed by atoms with Gasteiger partial charge in [-0.1, -0.05) is 30.3 Å². The van der Waals surface area contributed by atoms with Crippen molar-refractivity contribution >= 4 is 11.7 Å². The van der Waals surface area contributed by atoms with Crippen molar-refractivity contribution in [3.63, 3.8) is 0 Å². The van der Waals surface area contributed by atoms with E-state index >= 15 is 0 Å². The molecule has 0 amide bonds. The highest BCUT2D eigenvalue weighted by atomic mass is 19.4. The topological polar surface area (TPSA) is 38.7 Å². The van der Waals surface area contributed by atoms with Gasteiger partial charge in [0.25, 0.3) is 5.54 Å². The Morgan fingerprint density at radius 2 is 1.65 bits per heavy atom. The number of hydrogen-bond donors (Lipinski definition) is 0. The van der Waals surface area contributed by atoms with Gasteiger partial charge >= 0.3 is 18.3 Å². The second kappa shape index (κ2) is 5.54. The van der Waals surface area contributed by atoms with Gasteiger partial charge in [0.1, 0.15) is 0 Å². The zero-order valence-electron chi connectivity index (χ0n) is 11.7. The van der Waals surface area contributed by atoms with Crippen LogP contribution in [0.5, 0.6) is 0 Å². The van der Waals surface area contributed by atoms with Gasteiger partial charge < -0.3 is 4.74 Å². The number of esters is 1. The Labute approximate surface area is 127 Å². The Kier molecular flexibility index (Phi) is 4.16. The van der Waals surface area contributed by atoms with Crippen molar-refractivity contribution < 1.29 is 35.9 Å². The van der Waals surface area contributed by atoms with Gasteiger partial charge in [0.15, 0.2) is 6.10 Å². The molecule has 0 spiro atoms. The first-order chi connectivity index (χ1) is 10.5. The lowest BCUT2D eigenvalue weighted by Gasteiger charge is -2.35. The van der Waals surface area contributed by atoms with Gasteiger partial charge in [0, 0.05) is 19.1 Å². The monoisotopic (exact) mass is 339 g/mol. The molecule has 0 bridgehead atoms. The maximum absolute atomic E-state index is 13.3. The van der Waals surface area contributed by atoms with Crippen LogP contribution in [0.1, 0.15) is 18.9 Å². The van der Waals surface area contributed by atoms with Gasteiger partial charge in [-0.2, -0.15) is 26.3 Å². The van der Waals surface area contributed by atoms with Crippen LogP contribution >= 0.6 is 0 Å². The molecule has 0 aliphatic carbocycles. The number of alkyl halides is 6. The summed E-state index contributed by atoms with van der Waals surface area (Å²) < 4.78 is 84.0. The van der Waals surface area contributed by atoms with Crippen LogP contribution in [0.25, 0.3) is 0 Å². The predicted octanol–water partition coefficient (Wildman–Crippen LogP) is 3.67. The van der Waals surface area contributed by atoms with Crippen molar-refractivity contribution in [1.29, 1.82) is 0 Å². The first kappa shape index (κ1) is 17.3. The highest BCUT2D eigenvalue weighted by Crippen LogP contribution is 2.53. The van der Waals surface area contributed by atoms with E-state index in [2.05, 4.69) is 9.73 Å². The highest BCUT2D eigenvalue weighted by molar-refractivity contribution is 6.03. The SMILES string of the molecule is CC(=O)OC1CC(c2ccccc2)=NC1(C(F)(F)F)C(F)(F)F. The number of carbonyl (C=O) groups excluding carboxylic acids is 1. The van der Waals surface area contributed by atoms with E-state index < -0.39 is 42.1 Å². The van der Waals surface area contributed by atoms with Crippen LogP contribution in [-0.2, 0) is 9.53 Å². The lowest BCUT2D eigenvalue weighted by molar-refractivity contribution is -0.314. The summed E-state index contributed by atoms with van der Waals surface area (Å²) in [5, 5.41) is 0. The van der Waals surface area contributed by atoms with Crippen molar-refractivity contribution in [2.75, 3.05) is 0 Å². The number of ether oxygens (including phenoxy) is 1. The van der Waals surface area contributed by atoms with E-state index in [1.807, 2.05) is 0 Å². The molecule has 1 aliphatic rings. The molecule has 9 heteroatoms. The Morgan fingerprint density at radius 1 is 1.13 bits per heavy atom. The van der Waals surface area contributed by atoms with Crippen molar-refractivity contribution in [1.82, 2.24) is 0 Å². The molecule has 1 aromatic carbocycles. The lowest BCUT2D eigenvalue weighted by Crippen LogP contribution is -2.61. The third-order valence-electron chi connectivity index (χ3n) is 3.44. The first-order valence-corrected chi connectivity index (χ1v) is 6.44. The van der Waals surface area contributed by atoms with E-state index in [1.54, 1.807) is 6.07 Å². The molecular weight excluding hydrogens is 328 g/mol. The van der Waals surface area contributed by atoms with Gasteiger partial charge in [0.05, 0.1) is 0 Å². The lowest BCUT2D eigenvalue weighted by atomic mass is 9.91. The quantitative estimate of drug-likeness (QED) is 0.609. The van der Waals surface area contributed by atoms with Gasteiger partial charge in [-0.3, -0.25) is 9.79 Å². The van der Waals surface area contributed by atoms with Crippen LogP contribution in [0.2, 0.25) is 0 Å². The van der Waals surface area contributed by atoms with E-state index in [4.69, 9.17) is 0 Å². The standard InChI is InChI=1S/C14H11F6NO2/c1-8(22)23-11-7-10(9-5-3-2-4-6-9)21-12(11,13(15,16)17)14(18,19)20/h2-6,11H,7H2,1H3. The molecule has 0 saturated heterocycles. The van der Waals surface area contributed by atoms with E-state index in [1.165, 1.54) is 24.3 Å². The molecule has 0 radical (unpaired) electrons. The minimum absolute atomic E-state index is 0.111. The van der Waals surface area contributed by atoms with Crippen molar-refractivity contribution in [2.45, 2.75) is 37.3 Å². The normalized spacial score (nSPS) is 21.0. The summed E-state index contributed by atoms with van der Waals surface area (Å²) in [6.45, 7) is 0.748. The van der Waals surface area contributed by atoms with Gasteiger partial charge in [-0.25, -0.2) is 0 Å². The summed E-state index contributed by atoms with van der Waals surface area (Å²) in [4.78, 5) is 13.9. The molecular formula is C14H11F6NO2. The third-order valence-corrected chi connectivity index (χ3v) is 3.44. The summed E-state index contributed by atoms with van der Waals surface area (Å²) in [5.74, 6) is -1.24. The van der Waals surface area contributed by atoms with Crippen LogP contribution in [0.3, 0.4) is 0 Å². The van der Waals surface area contributed by atoms with Crippen molar-refractivity contribution in [3.05, 3.63) is 35.9 Å². The molecule has 1 aliphatic heterocycles. The first-order valence-electron chi connectivity index (χ1n) is 6.44. The van der Waals surface area contributed by atoms with E-state index in [0.717, 1.165) is 6.92 Å². The second-order valence-corrected chi connectivity index (χ2v) is 4.99. The molecule has 0 saturated carbocycles. The Hall–Kier alpha value is -2.06. The van der Waals surface area contributed by atoms with E-state index in [-0.39, 0.29) is 5.56 Å². The van der Waals surface area contributed by atoms with Gasteiger partial charge in [-0.05, 0) is 5.56 Å². The number of rotatable bonds is 2. The zero-order valence-corrected chi connectivity index (χ0v) is 11.7. The average molecular weight is 339 g/mol. The summed E-state index contributed by atoms with van der Waals surface area (Å²) >= 11 is 0. The fourth-order valence-electron chi connectivity index (χ4n) is 2.45. The molecule has 1 aromatic rings. The molecule has 0 fully saturated rings. The number of aliphatic imine (C=N–C) groups is 1. The zero-order chi connectivity index (χ0) is 17.5. The average Bonchev–Trinajstić information content (AvgIpc) is 2.78. The highest BCUT2D eigenvalue weighted by Gasteiger charge is 2.78. The van der Waals surface area contributed by atoms with Crippen LogP contribution < -0.4 is 0 Å². The predicted molar refractivity (Wildman–Crippen MR) is 68.0 cm³/mol. The largest absolute Gasteiger partial charge is 0.459 e. The molecule has 1 unspecified atom stereocenters.